The fraction of sp³-hybridized carbons (Fsp3) is 0.222. The maximum absolute atomic E-state index is 12.3. The van der Waals surface area contributed by atoms with Gasteiger partial charge in [0.1, 0.15) is 4.32 Å². The van der Waals surface area contributed by atoms with Gasteiger partial charge in [-0.1, -0.05) is 53.9 Å². The van der Waals surface area contributed by atoms with Gasteiger partial charge >= 0.3 is 0 Å². The van der Waals surface area contributed by atoms with Gasteiger partial charge in [0.2, 0.25) is 0 Å². The Morgan fingerprint density at radius 2 is 1.84 bits per heavy atom. The van der Waals surface area contributed by atoms with Crippen molar-refractivity contribution in [2.45, 2.75) is 18.1 Å². The third-order valence-electron chi connectivity index (χ3n) is 4.15. The number of thioether (sulfide) groups is 2. The van der Waals surface area contributed by atoms with Gasteiger partial charge in [0.25, 0.3) is 5.91 Å². The van der Waals surface area contributed by atoms with Crippen molar-refractivity contribution in [3.63, 3.8) is 0 Å². The number of anilines is 1. The summed E-state index contributed by atoms with van der Waals surface area (Å²) >= 11 is 10.3. The molecule has 2 aliphatic heterocycles. The van der Waals surface area contributed by atoms with Crippen molar-refractivity contribution in [2.75, 3.05) is 18.0 Å². The van der Waals surface area contributed by atoms with Crippen LogP contribution in [0.15, 0.2) is 50.6 Å². The molecule has 0 bridgehead atoms. The molecule has 0 saturated carbocycles. The Labute approximate surface area is 164 Å². The lowest BCUT2D eigenvalue weighted by atomic mass is 10.2. The predicted octanol–water partition coefficient (Wildman–Crippen LogP) is 5.44. The number of rotatable bonds is 3. The molecule has 1 aromatic heterocycles. The van der Waals surface area contributed by atoms with E-state index < -0.39 is 0 Å². The van der Waals surface area contributed by atoms with Gasteiger partial charge in [-0.25, -0.2) is 0 Å². The maximum atomic E-state index is 12.3. The first-order chi connectivity index (χ1) is 12.1. The fourth-order valence-electron chi connectivity index (χ4n) is 2.97. The number of hydrogen-bond donors (Lipinski definition) is 0. The van der Waals surface area contributed by atoms with E-state index in [0.717, 1.165) is 11.6 Å². The summed E-state index contributed by atoms with van der Waals surface area (Å²) in [6.07, 6.45) is 3.97. The van der Waals surface area contributed by atoms with Gasteiger partial charge in [0.05, 0.1) is 19.8 Å². The molecule has 2 aliphatic rings. The highest BCUT2D eigenvalue weighted by atomic mass is 32.2. The summed E-state index contributed by atoms with van der Waals surface area (Å²) < 4.78 is 3.29. The van der Waals surface area contributed by atoms with E-state index in [4.69, 9.17) is 12.2 Å². The van der Waals surface area contributed by atoms with Crippen molar-refractivity contribution in [2.24, 2.45) is 0 Å². The molecule has 1 amide bonds. The highest BCUT2D eigenvalue weighted by molar-refractivity contribution is 8.26. The Hall–Kier alpha value is -1.28. The zero-order valence-corrected chi connectivity index (χ0v) is 17.1. The maximum Gasteiger partial charge on any atom is 0.266 e. The fourth-order valence-corrected chi connectivity index (χ4v) is 6.89. The summed E-state index contributed by atoms with van der Waals surface area (Å²) in [5, 5.41) is 2.47. The topological polar surface area (TPSA) is 23.6 Å². The Morgan fingerprint density at radius 1 is 1.08 bits per heavy atom. The van der Waals surface area contributed by atoms with Crippen LogP contribution in [-0.2, 0) is 4.79 Å². The molecule has 0 radical (unpaired) electrons. The second-order valence-electron chi connectivity index (χ2n) is 5.53. The molecule has 3 heterocycles. The lowest BCUT2D eigenvalue weighted by Crippen LogP contribution is -2.27. The second-order valence-corrected chi connectivity index (χ2v) is 9.55. The van der Waals surface area contributed by atoms with Crippen LogP contribution in [0.1, 0.15) is 13.8 Å². The summed E-state index contributed by atoms with van der Waals surface area (Å²) in [6, 6.07) is 8.53. The number of allylic oxidation sites excluding steroid dienone is 2. The van der Waals surface area contributed by atoms with Crippen molar-refractivity contribution in [3.8, 4) is 0 Å². The van der Waals surface area contributed by atoms with Crippen LogP contribution in [0.25, 0.3) is 10.1 Å². The molecule has 1 saturated heterocycles. The van der Waals surface area contributed by atoms with Crippen LogP contribution in [0, 0.1) is 0 Å². The average molecular weight is 405 g/mol. The van der Waals surface area contributed by atoms with Crippen molar-refractivity contribution in [3.05, 3.63) is 46.4 Å². The van der Waals surface area contributed by atoms with E-state index in [1.807, 2.05) is 24.3 Å². The van der Waals surface area contributed by atoms with E-state index in [1.165, 1.54) is 31.7 Å². The zero-order valence-electron chi connectivity index (χ0n) is 13.8. The number of likely N-dealkylation sites (N-methyl/N-ethyl adjacent to an activating group) is 1. The Morgan fingerprint density at radius 3 is 2.56 bits per heavy atom. The number of benzene rings is 1. The van der Waals surface area contributed by atoms with Crippen molar-refractivity contribution >= 4 is 73.1 Å². The number of thiophene rings is 1. The normalized spacial score (nSPS) is 20.6. The van der Waals surface area contributed by atoms with Gasteiger partial charge in [-0.15, -0.1) is 11.3 Å². The molecule has 0 atom stereocenters. The molecule has 0 unspecified atom stereocenters. The van der Waals surface area contributed by atoms with E-state index in [9.17, 15) is 4.79 Å². The lowest BCUT2D eigenvalue weighted by Gasteiger charge is -2.17. The standard InChI is InChI=1S/C18H16N2OS4/c1-3-19-14(10-9-13-16(21)20(4-2)18(22)24-13)25-17-15(19)11-7-5-6-8-12(11)23-17/h5-10H,3-4H2,1-2H3/b13-9+,14-10-. The van der Waals surface area contributed by atoms with Crippen molar-refractivity contribution < 1.29 is 4.79 Å². The Kier molecular flexibility index (Phi) is 4.66. The SMILES string of the molecule is CCN1C(=O)/C(=C\C=C2/Sc3sc4ccccc4c3N2CC)SC1=S. The van der Waals surface area contributed by atoms with Gasteiger partial charge in [-0.3, -0.25) is 9.69 Å². The predicted molar refractivity (Wildman–Crippen MR) is 114 cm³/mol. The molecular formula is C18H16N2OS4. The average Bonchev–Trinajstić information content (AvgIpc) is 3.22. The molecule has 2 aromatic rings. The quantitative estimate of drug-likeness (QED) is 0.501. The molecule has 1 aromatic carbocycles. The third-order valence-corrected chi connectivity index (χ3v) is 7.95. The monoisotopic (exact) mass is 404 g/mol. The van der Waals surface area contributed by atoms with Crippen molar-refractivity contribution in [1.29, 1.82) is 0 Å². The summed E-state index contributed by atoms with van der Waals surface area (Å²) in [5.41, 5.74) is 1.30. The molecule has 4 rings (SSSR count). The van der Waals surface area contributed by atoms with E-state index >= 15 is 0 Å². The Bertz CT molecular complexity index is 944. The molecule has 0 aliphatic carbocycles. The number of carbonyl (C=O) groups is 1. The van der Waals surface area contributed by atoms with E-state index in [-0.39, 0.29) is 5.91 Å². The first kappa shape index (κ1) is 17.1. The second kappa shape index (κ2) is 6.79. The number of thiocarbonyl (C=S) groups is 1. The molecule has 3 nitrogen and oxygen atoms in total. The molecule has 7 heteroatoms. The van der Waals surface area contributed by atoms with Crippen LogP contribution in [0.5, 0.6) is 0 Å². The minimum atomic E-state index is 0.0145. The number of carbonyl (C=O) groups excluding carboxylic acids is 1. The van der Waals surface area contributed by atoms with E-state index in [1.54, 1.807) is 16.7 Å². The van der Waals surface area contributed by atoms with Crippen LogP contribution < -0.4 is 4.90 Å². The minimum Gasteiger partial charge on any atom is -0.334 e. The smallest absolute Gasteiger partial charge is 0.266 e. The largest absolute Gasteiger partial charge is 0.334 e. The zero-order chi connectivity index (χ0) is 17.6. The van der Waals surface area contributed by atoms with Crippen LogP contribution >= 0.6 is 47.1 Å². The molecule has 0 N–H and O–H groups in total. The number of amides is 1. The van der Waals surface area contributed by atoms with Gasteiger partial charge in [0.15, 0.2) is 0 Å². The van der Waals surface area contributed by atoms with Gasteiger partial charge < -0.3 is 4.90 Å². The summed E-state index contributed by atoms with van der Waals surface area (Å²) in [5.74, 6) is 0.0145. The van der Waals surface area contributed by atoms with Crippen LogP contribution in [0.4, 0.5) is 5.69 Å². The minimum absolute atomic E-state index is 0.0145. The molecular weight excluding hydrogens is 388 g/mol. The van der Waals surface area contributed by atoms with Crippen LogP contribution in [-0.4, -0.2) is 28.2 Å². The van der Waals surface area contributed by atoms with Gasteiger partial charge in [-0.2, -0.15) is 0 Å². The van der Waals surface area contributed by atoms with Crippen LogP contribution in [0.3, 0.4) is 0 Å². The van der Waals surface area contributed by atoms with E-state index in [0.29, 0.717) is 15.8 Å². The lowest BCUT2D eigenvalue weighted by molar-refractivity contribution is -0.122. The number of fused-ring (bicyclic) bond motifs is 3. The van der Waals surface area contributed by atoms with Crippen molar-refractivity contribution in [1.82, 2.24) is 4.90 Å². The molecule has 1 fully saturated rings. The highest BCUT2D eigenvalue weighted by Gasteiger charge is 2.31. The Balaban J connectivity index is 1.68. The summed E-state index contributed by atoms with van der Waals surface area (Å²) in [6.45, 7) is 5.63. The van der Waals surface area contributed by atoms with Crippen LogP contribution in [0.2, 0.25) is 0 Å². The third kappa shape index (κ3) is 2.83. The summed E-state index contributed by atoms with van der Waals surface area (Å²) in [7, 11) is 0. The molecule has 128 valence electrons. The highest BCUT2D eigenvalue weighted by Crippen LogP contribution is 2.54. The molecule has 25 heavy (non-hydrogen) atoms. The number of nitrogens with zero attached hydrogens (tertiary/aromatic N) is 2. The summed E-state index contributed by atoms with van der Waals surface area (Å²) in [4.78, 5) is 17.0. The first-order valence-electron chi connectivity index (χ1n) is 8.06. The first-order valence-corrected chi connectivity index (χ1v) is 10.9. The van der Waals surface area contributed by atoms with Gasteiger partial charge in [0, 0.05) is 23.2 Å². The van der Waals surface area contributed by atoms with E-state index in [2.05, 4.69) is 42.2 Å². The molecule has 0 spiro atoms. The van der Waals surface area contributed by atoms with Gasteiger partial charge in [-0.05, 0) is 32.1 Å². The number of hydrogen-bond acceptors (Lipinski definition) is 6.